The Kier molecular flexibility index (Phi) is 7.26. The summed E-state index contributed by atoms with van der Waals surface area (Å²) in [6.45, 7) is 4.76. The van der Waals surface area contributed by atoms with Crippen LogP contribution in [0.4, 0.5) is 5.69 Å². The van der Waals surface area contributed by atoms with E-state index < -0.39 is 6.04 Å². The summed E-state index contributed by atoms with van der Waals surface area (Å²) in [6, 6.07) is 20.4. The van der Waals surface area contributed by atoms with E-state index >= 15 is 0 Å². The third-order valence-corrected chi connectivity index (χ3v) is 6.35. The first-order chi connectivity index (χ1) is 16.5. The zero-order valence-corrected chi connectivity index (χ0v) is 19.8. The van der Waals surface area contributed by atoms with E-state index in [1.54, 1.807) is 15.9 Å². The molecule has 1 aliphatic rings. The zero-order valence-electron chi connectivity index (χ0n) is 19.8. The minimum atomic E-state index is -0.611. The Morgan fingerprint density at radius 1 is 0.971 bits per heavy atom. The third kappa shape index (κ3) is 4.67. The quantitative estimate of drug-likeness (QED) is 0.455. The minimum absolute atomic E-state index is 0.113. The van der Waals surface area contributed by atoms with Crippen LogP contribution in [0, 0.1) is 0 Å². The summed E-state index contributed by atoms with van der Waals surface area (Å²) >= 11 is 0. The Hall–Kier alpha value is -3.67. The molecule has 0 fully saturated rings. The van der Waals surface area contributed by atoms with Gasteiger partial charge in [-0.15, -0.1) is 0 Å². The predicted molar refractivity (Wildman–Crippen MR) is 135 cm³/mol. The molecule has 176 valence electrons. The number of amides is 3. The molecule has 1 N–H and O–H groups in total. The molecule has 0 spiro atoms. The summed E-state index contributed by atoms with van der Waals surface area (Å²) in [7, 11) is 0. The number of benzene rings is 3. The molecule has 1 atom stereocenters. The number of nitrogens with one attached hydrogen (secondary N) is 1. The van der Waals surface area contributed by atoms with E-state index in [-0.39, 0.29) is 24.3 Å². The van der Waals surface area contributed by atoms with Gasteiger partial charge in [0.2, 0.25) is 11.8 Å². The van der Waals surface area contributed by atoms with Gasteiger partial charge in [-0.05, 0) is 35.9 Å². The van der Waals surface area contributed by atoms with Crippen LogP contribution >= 0.6 is 0 Å². The maximum atomic E-state index is 13.7. The SMILES string of the molecule is CCCCNC(=O)C(CC)N(Cc1ccccc1)C(=O)CN1C(=O)c2cccc3cccc1c23. The van der Waals surface area contributed by atoms with Crippen LogP contribution in [0.3, 0.4) is 0 Å². The van der Waals surface area contributed by atoms with Gasteiger partial charge in [0.05, 0.1) is 5.69 Å². The van der Waals surface area contributed by atoms with Crippen molar-refractivity contribution in [2.75, 3.05) is 18.0 Å². The van der Waals surface area contributed by atoms with E-state index in [1.165, 1.54) is 0 Å². The van der Waals surface area contributed by atoms with Gasteiger partial charge >= 0.3 is 0 Å². The highest BCUT2D eigenvalue weighted by molar-refractivity contribution is 6.26. The van der Waals surface area contributed by atoms with Crippen LogP contribution in [0.2, 0.25) is 0 Å². The van der Waals surface area contributed by atoms with E-state index in [2.05, 4.69) is 12.2 Å². The maximum absolute atomic E-state index is 13.7. The Balaban J connectivity index is 1.61. The smallest absolute Gasteiger partial charge is 0.259 e. The largest absolute Gasteiger partial charge is 0.354 e. The Morgan fingerprint density at radius 2 is 1.71 bits per heavy atom. The van der Waals surface area contributed by atoms with Gasteiger partial charge in [0.25, 0.3) is 5.91 Å². The lowest BCUT2D eigenvalue weighted by molar-refractivity contribution is -0.140. The summed E-state index contributed by atoms with van der Waals surface area (Å²) in [5, 5.41) is 4.82. The molecule has 34 heavy (non-hydrogen) atoms. The van der Waals surface area contributed by atoms with Gasteiger partial charge in [0.1, 0.15) is 12.6 Å². The van der Waals surface area contributed by atoms with Gasteiger partial charge in [-0.1, -0.05) is 74.9 Å². The Bertz CT molecular complexity index is 1190. The second kappa shape index (κ2) is 10.5. The molecule has 0 bridgehead atoms. The highest BCUT2D eigenvalue weighted by atomic mass is 16.2. The van der Waals surface area contributed by atoms with Crippen molar-refractivity contribution in [3.63, 3.8) is 0 Å². The average molecular weight is 458 g/mol. The zero-order chi connectivity index (χ0) is 24.1. The van der Waals surface area contributed by atoms with Crippen molar-refractivity contribution in [2.24, 2.45) is 0 Å². The van der Waals surface area contributed by atoms with Crippen molar-refractivity contribution in [1.82, 2.24) is 10.2 Å². The van der Waals surface area contributed by atoms with Crippen molar-refractivity contribution in [3.05, 3.63) is 77.9 Å². The van der Waals surface area contributed by atoms with Crippen LogP contribution in [-0.4, -0.2) is 41.8 Å². The third-order valence-electron chi connectivity index (χ3n) is 6.35. The molecule has 3 aromatic rings. The number of carbonyl (C=O) groups is 3. The predicted octanol–water partition coefficient (Wildman–Crippen LogP) is 4.52. The molecule has 3 aromatic carbocycles. The highest BCUT2D eigenvalue weighted by Gasteiger charge is 2.35. The molecule has 6 heteroatoms. The summed E-state index contributed by atoms with van der Waals surface area (Å²) in [4.78, 5) is 43.1. The lowest BCUT2D eigenvalue weighted by Gasteiger charge is -2.32. The van der Waals surface area contributed by atoms with Crippen molar-refractivity contribution >= 4 is 34.2 Å². The summed E-state index contributed by atoms with van der Waals surface area (Å²) in [5.41, 5.74) is 2.29. The van der Waals surface area contributed by atoms with Crippen molar-refractivity contribution < 1.29 is 14.4 Å². The molecule has 1 unspecified atom stereocenters. The first-order valence-corrected chi connectivity index (χ1v) is 12.0. The van der Waals surface area contributed by atoms with Crippen LogP contribution < -0.4 is 10.2 Å². The number of nitrogens with zero attached hydrogens (tertiary/aromatic N) is 2. The van der Waals surface area contributed by atoms with Crippen LogP contribution in [0.1, 0.15) is 49.0 Å². The Labute approximate surface area is 200 Å². The van der Waals surface area contributed by atoms with Crippen molar-refractivity contribution in [2.45, 2.75) is 45.7 Å². The molecule has 0 aromatic heterocycles. The molecule has 0 saturated carbocycles. The molecule has 6 nitrogen and oxygen atoms in total. The Morgan fingerprint density at radius 3 is 2.41 bits per heavy atom. The lowest BCUT2D eigenvalue weighted by atomic mass is 10.1. The van der Waals surface area contributed by atoms with Crippen LogP contribution in [-0.2, 0) is 16.1 Å². The molecular formula is C28H31N3O3. The number of rotatable bonds is 10. The fraction of sp³-hybridized carbons (Fsp3) is 0.321. The van der Waals surface area contributed by atoms with Gasteiger partial charge in [-0.2, -0.15) is 0 Å². The first-order valence-electron chi connectivity index (χ1n) is 12.0. The van der Waals surface area contributed by atoms with Gasteiger partial charge in [-0.3, -0.25) is 19.3 Å². The summed E-state index contributed by atoms with van der Waals surface area (Å²) in [6.07, 6.45) is 2.35. The van der Waals surface area contributed by atoms with E-state index in [0.29, 0.717) is 25.1 Å². The second-order valence-electron chi connectivity index (χ2n) is 8.65. The number of carbonyl (C=O) groups excluding carboxylic acids is 3. The van der Waals surface area contributed by atoms with E-state index in [9.17, 15) is 14.4 Å². The fourth-order valence-electron chi connectivity index (χ4n) is 4.57. The van der Waals surface area contributed by atoms with E-state index in [4.69, 9.17) is 0 Å². The average Bonchev–Trinajstić information content (AvgIpc) is 3.12. The summed E-state index contributed by atoms with van der Waals surface area (Å²) in [5.74, 6) is -0.585. The maximum Gasteiger partial charge on any atom is 0.259 e. The molecule has 3 amide bonds. The van der Waals surface area contributed by atoms with Gasteiger partial charge in [0.15, 0.2) is 0 Å². The van der Waals surface area contributed by atoms with Crippen molar-refractivity contribution in [1.29, 1.82) is 0 Å². The van der Waals surface area contributed by atoms with Crippen LogP contribution in [0.25, 0.3) is 10.8 Å². The number of hydrogen-bond donors (Lipinski definition) is 1. The number of anilines is 1. The normalized spacial score (nSPS) is 13.2. The number of hydrogen-bond acceptors (Lipinski definition) is 3. The highest BCUT2D eigenvalue weighted by Crippen LogP contribution is 2.37. The fourth-order valence-corrected chi connectivity index (χ4v) is 4.57. The molecule has 1 aliphatic heterocycles. The molecule has 0 aliphatic carbocycles. The van der Waals surface area contributed by atoms with Gasteiger partial charge in [0, 0.05) is 24.0 Å². The van der Waals surface area contributed by atoms with Crippen LogP contribution in [0.15, 0.2) is 66.7 Å². The molecule has 0 radical (unpaired) electrons. The standard InChI is InChI=1S/C28H31N3O3/c1-3-5-17-29-27(33)23(4-2)30(18-20-11-7-6-8-12-20)25(32)19-31-24-16-10-14-21-13-9-15-22(26(21)24)28(31)34/h6-16,23H,3-5,17-19H2,1-2H3,(H,29,33). The van der Waals surface area contributed by atoms with E-state index in [0.717, 1.165) is 34.9 Å². The number of unbranched alkanes of at least 4 members (excludes halogenated alkanes) is 1. The molecule has 4 rings (SSSR count). The first kappa shape index (κ1) is 23.5. The second-order valence-corrected chi connectivity index (χ2v) is 8.65. The molecule has 0 saturated heterocycles. The topological polar surface area (TPSA) is 69.7 Å². The molecular weight excluding hydrogens is 426 g/mol. The summed E-state index contributed by atoms with van der Waals surface area (Å²) < 4.78 is 0. The van der Waals surface area contributed by atoms with Crippen LogP contribution in [0.5, 0.6) is 0 Å². The van der Waals surface area contributed by atoms with E-state index in [1.807, 2.05) is 67.6 Å². The minimum Gasteiger partial charge on any atom is -0.354 e. The molecule has 1 heterocycles. The van der Waals surface area contributed by atoms with Crippen molar-refractivity contribution in [3.8, 4) is 0 Å². The van der Waals surface area contributed by atoms with Gasteiger partial charge in [-0.25, -0.2) is 0 Å². The monoisotopic (exact) mass is 457 g/mol. The lowest BCUT2D eigenvalue weighted by Crippen LogP contribution is -2.52. The van der Waals surface area contributed by atoms with Gasteiger partial charge < -0.3 is 10.2 Å².